The quantitative estimate of drug-likeness (QED) is 0.826. The highest BCUT2D eigenvalue weighted by molar-refractivity contribution is 9.10. The van der Waals surface area contributed by atoms with E-state index in [0.717, 1.165) is 36.3 Å². The minimum Gasteiger partial charge on any atom is -0.348 e. The van der Waals surface area contributed by atoms with Crippen molar-refractivity contribution in [3.63, 3.8) is 0 Å². The fourth-order valence-corrected chi connectivity index (χ4v) is 2.80. The van der Waals surface area contributed by atoms with E-state index in [1.54, 1.807) is 0 Å². The lowest BCUT2D eigenvalue weighted by Crippen LogP contribution is -2.18. The van der Waals surface area contributed by atoms with Crippen LogP contribution < -0.4 is 5.32 Å². The Morgan fingerprint density at radius 3 is 2.81 bits per heavy atom. The second kappa shape index (κ2) is 7.27. The molecule has 21 heavy (non-hydrogen) atoms. The third-order valence-corrected chi connectivity index (χ3v) is 4.51. The molecular formula is C16H25BrN4. The van der Waals surface area contributed by atoms with Crippen LogP contribution in [0.2, 0.25) is 0 Å². The summed E-state index contributed by atoms with van der Waals surface area (Å²) >= 11 is 3.65. The van der Waals surface area contributed by atoms with Gasteiger partial charge in [0.2, 0.25) is 0 Å². The van der Waals surface area contributed by atoms with Gasteiger partial charge in [0.05, 0.1) is 22.4 Å². The molecule has 0 fully saturated rings. The number of halogens is 1. The van der Waals surface area contributed by atoms with E-state index in [0.29, 0.717) is 5.92 Å². The number of nitrogens with zero attached hydrogens (tertiary/aromatic N) is 3. The van der Waals surface area contributed by atoms with Crippen LogP contribution in [0, 0.1) is 12.8 Å². The lowest BCUT2D eigenvalue weighted by atomic mass is 10.2. The van der Waals surface area contributed by atoms with Gasteiger partial charge < -0.3 is 9.88 Å². The zero-order valence-electron chi connectivity index (χ0n) is 13.4. The smallest absolute Gasteiger partial charge is 0.0739 e. The lowest BCUT2D eigenvalue weighted by Gasteiger charge is -2.07. The first kappa shape index (κ1) is 16.3. The van der Waals surface area contributed by atoms with E-state index in [1.807, 2.05) is 6.92 Å². The van der Waals surface area contributed by atoms with Crippen LogP contribution in [0.15, 0.2) is 22.9 Å². The van der Waals surface area contributed by atoms with E-state index in [-0.39, 0.29) is 0 Å². The average molecular weight is 353 g/mol. The van der Waals surface area contributed by atoms with Crippen LogP contribution in [0.5, 0.6) is 0 Å². The molecule has 1 N–H and O–H groups in total. The van der Waals surface area contributed by atoms with Crippen molar-refractivity contribution < 1.29 is 0 Å². The van der Waals surface area contributed by atoms with Crippen LogP contribution in [-0.4, -0.2) is 20.9 Å². The van der Waals surface area contributed by atoms with Crippen molar-refractivity contribution in [2.45, 2.75) is 47.3 Å². The summed E-state index contributed by atoms with van der Waals surface area (Å²) in [6, 6.07) is 2.18. The highest BCUT2D eigenvalue weighted by Gasteiger charge is 2.12. The molecule has 4 nitrogen and oxygen atoms in total. The first-order chi connectivity index (χ1) is 10.0. The third-order valence-electron chi connectivity index (χ3n) is 3.48. The molecule has 2 aromatic heterocycles. The van der Waals surface area contributed by atoms with Crippen LogP contribution in [-0.2, 0) is 19.6 Å². The zero-order valence-corrected chi connectivity index (χ0v) is 14.9. The van der Waals surface area contributed by atoms with Gasteiger partial charge in [-0.2, -0.15) is 5.10 Å². The van der Waals surface area contributed by atoms with Gasteiger partial charge in [-0.25, -0.2) is 0 Å². The largest absolute Gasteiger partial charge is 0.348 e. The van der Waals surface area contributed by atoms with E-state index in [4.69, 9.17) is 0 Å². The number of hydrogen-bond donors (Lipinski definition) is 1. The predicted molar refractivity (Wildman–Crippen MR) is 90.4 cm³/mol. The average Bonchev–Trinajstić information content (AvgIpc) is 2.98. The Bertz CT molecular complexity index is 583. The third kappa shape index (κ3) is 4.20. The monoisotopic (exact) mass is 352 g/mol. The first-order valence-electron chi connectivity index (χ1n) is 7.58. The molecular weight excluding hydrogens is 328 g/mol. The summed E-state index contributed by atoms with van der Waals surface area (Å²) in [7, 11) is 0. The normalized spacial score (nSPS) is 11.5. The fraction of sp³-hybridized carbons (Fsp3) is 0.562. The first-order valence-corrected chi connectivity index (χ1v) is 8.37. The minimum atomic E-state index is 0.685. The summed E-state index contributed by atoms with van der Waals surface area (Å²) in [4.78, 5) is 0. The molecule has 0 saturated heterocycles. The molecule has 2 aromatic rings. The van der Waals surface area contributed by atoms with Crippen LogP contribution >= 0.6 is 15.9 Å². The summed E-state index contributed by atoms with van der Waals surface area (Å²) in [6.45, 7) is 12.3. The van der Waals surface area contributed by atoms with Gasteiger partial charge in [-0.3, -0.25) is 4.68 Å². The highest BCUT2D eigenvalue weighted by Crippen LogP contribution is 2.22. The molecule has 0 saturated carbocycles. The predicted octanol–water partition coefficient (Wildman–Crippen LogP) is 3.57. The summed E-state index contributed by atoms with van der Waals surface area (Å²) in [5.41, 5.74) is 3.61. The van der Waals surface area contributed by atoms with Gasteiger partial charge in [0, 0.05) is 25.5 Å². The van der Waals surface area contributed by atoms with Gasteiger partial charge in [-0.1, -0.05) is 13.8 Å². The fourth-order valence-electron chi connectivity index (χ4n) is 2.39. The van der Waals surface area contributed by atoms with Gasteiger partial charge in [0.25, 0.3) is 0 Å². The van der Waals surface area contributed by atoms with Crippen LogP contribution in [0.4, 0.5) is 0 Å². The van der Waals surface area contributed by atoms with Gasteiger partial charge in [0.15, 0.2) is 0 Å². The maximum Gasteiger partial charge on any atom is 0.0739 e. The van der Waals surface area contributed by atoms with E-state index in [2.05, 4.69) is 74.8 Å². The molecule has 0 bridgehead atoms. The summed E-state index contributed by atoms with van der Waals surface area (Å²) in [5, 5.41) is 8.02. The molecule has 2 rings (SSSR count). The van der Waals surface area contributed by atoms with E-state index in [1.165, 1.54) is 11.3 Å². The van der Waals surface area contributed by atoms with E-state index < -0.39 is 0 Å². The minimum absolute atomic E-state index is 0.685. The molecule has 0 aliphatic heterocycles. The molecule has 0 atom stereocenters. The molecule has 0 unspecified atom stereocenters. The maximum absolute atomic E-state index is 4.54. The summed E-state index contributed by atoms with van der Waals surface area (Å²) in [5.74, 6) is 0.685. The SMILES string of the molecule is CCn1nc(C)c(Br)c1Cn1ccc(CNCC(C)C)c1. The second-order valence-electron chi connectivity index (χ2n) is 5.88. The number of aromatic nitrogens is 3. The maximum atomic E-state index is 4.54. The Kier molecular flexibility index (Phi) is 5.65. The molecule has 0 aliphatic rings. The van der Waals surface area contributed by atoms with Gasteiger partial charge in [0.1, 0.15) is 0 Å². The van der Waals surface area contributed by atoms with Crippen molar-refractivity contribution in [2.75, 3.05) is 6.54 Å². The van der Waals surface area contributed by atoms with Crippen LogP contribution in [0.3, 0.4) is 0 Å². The number of hydrogen-bond acceptors (Lipinski definition) is 2. The van der Waals surface area contributed by atoms with Crippen molar-refractivity contribution in [3.8, 4) is 0 Å². The molecule has 0 radical (unpaired) electrons. The van der Waals surface area contributed by atoms with Crippen molar-refractivity contribution in [2.24, 2.45) is 5.92 Å². The Morgan fingerprint density at radius 1 is 1.38 bits per heavy atom. The standard InChI is InChI=1S/C16H25BrN4/c1-5-21-15(16(17)13(4)19-21)11-20-7-6-14(10-20)9-18-8-12(2)3/h6-7,10,12,18H,5,8-9,11H2,1-4H3. The Balaban J connectivity index is 2.02. The molecule has 0 amide bonds. The van der Waals surface area contributed by atoms with Crippen molar-refractivity contribution in [1.29, 1.82) is 0 Å². The molecule has 0 aliphatic carbocycles. The molecule has 116 valence electrons. The molecule has 0 aromatic carbocycles. The number of nitrogens with one attached hydrogen (secondary N) is 1. The zero-order chi connectivity index (χ0) is 15.4. The van der Waals surface area contributed by atoms with Crippen LogP contribution in [0.25, 0.3) is 0 Å². The molecule has 0 spiro atoms. The second-order valence-corrected chi connectivity index (χ2v) is 6.67. The van der Waals surface area contributed by atoms with Crippen LogP contribution in [0.1, 0.15) is 37.7 Å². The Morgan fingerprint density at radius 2 is 2.14 bits per heavy atom. The molecule has 5 heteroatoms. The highest BCUT2D eigenvalue weighted by atomic mass is 79.9. The van der Waals surface area contributed by atoms with Crippen molar-refractivity contribution in [3.05, 3.63) is 39.9 Å². The van der Waals surface area contributed by atoms with Gasteiger partial charge in [-0.05, 0) is 53.9 Å². The summed E-state index contributed by atoms with van der Waals surface area (Å²) in [6.07, 6.45) is 4.35. The van der Waals surface area contributed by atoms with Crippen molar-refractivity contribution >= 4 is 15.9 Å². The van der Waals surface area contributed by atoms with Crippen molar-refractivity contribution in [1.82, 2.24) is 19.7 Å². The molecule has 2 heterocycles. The van der Waals surface area contributed by atoms with E-state index in [9.17, 15) is 0 Å². The Labute approximate surface area is 135 Å². The number of rotatable bonds is 7. The topological polar surface area (TPSA) is 34.8 Å². The van der Waals surface area contributed by atoms with Gasteiger partial charge in [-0.15, -0.1) is 0 Å². The lowest BCUT2D eigenvalue weighted by molar-refractivity contribution is 0.551. The number of aryl methyl sites for hydroxylation is 2. The van der Waals surface area contributed by atoms with E-state index >= 15 is 0 Å². The summed E-state index contributed by atoms with van der Waals surface area (Å²) < 4.78 is 5.41. The van der Waals surface area contributed by atoms with Gasteiger partial charge >= 0.3 is 0 Å². The Hall–Kier alpha value is -1.07.